The summed E-state index contributed by atoms with van der Waals surface area (Å²) in [5.41, 5.74) is 7.60. The Labute approximate surface area is 209 Å². The molecular formula is C24H31N3O5S2. The summed E-state index contributed by atoms with van der Waals surface area (Å²) >= 11 is 6.85. The number of rotatable bonds is 6. The van der Waals surface area contributed by atoms with Gasteiger partial charge in [-0.25, -0.2) is 0 Å². The van der Waals surface area contributed by atoms with Gasteiger partial charge in [-0.15, -0.1) is 11.3 Å². The normalized spacial score (nSPS) is 15.2. The molecule has 184 valence electrons. The Bertz CT molecular complexity index is 1100. The average Bonchev–Trinajstić information content (AvgIpc) is 3.14. The smallest absolute Gasteiger partial charge is 0.257 e. The number of nitrogens with two attached hydrogens (primary N) is 1. The number of thiophene rings is 1. The van der Waals surface area contributed by atoms with Crippen molar-refractivity contribution in [2.75, 3.05) is 26.6 Å². The van der Waals surface area contributed by atoms with Gasteiger partial charge >= 0.3 is 0 Å². The molecule has 3 rings (SSSR count). The molecule has 1 aliphatic rings. The number of hydrogen-bond donors (Lipinski definition) is 3. The Morgan fingerprint density at radius 2 is 1.74 bits per heavy atom. The van der Waals surface area contributed by atoms with Crippen LogP contribution < -0.4 is 30.6 Å². The number of carbonyl (C=O) groups is 2. The molecule has 1 aromatic heterocycles. The molecule has 4 N–H and O–H groups in total. The summed E-state index contributed by atoms with van der Waals surface area (Å²) in [6.45, 7) is 6.70. The van der Waals surface area contributed by atoms with Crippen LogP contribution in [0.3, 0.4) is 0 Å². The standard InChI is InChI=1S/C24H31N3O5S2/c1-24(2,3)13-7-8-14-17(11-13)34-22(18(14)20(25)28)27-23(33)26-21(29)12-9-15(30-4)19(32-6)16(10-12)31-5/h9-10,13H,7-8,11H2,1-6H3,(H2,25,28)(H2,26,27,29,33)/t13-/m1/s1. The Hall–Kier alpha value is -2.85. The number of fused-ring (bicyclic) bond motifs is 1. The van der Waals surface area contributed by atoms with Crippen molar-refractivity contribution < 1.29 is 23.8 Å². The van der Waals surface area contributed by atoms with Crippen molar-refractivity contribution in [2.24, 2.45) is 17.1 Å². The molecule has 1 heterocycles. The van der Waals surface area contributed by atoms with E-state index in [-0.39, 0.29) is 16.1 Å². The third-order valence-corrected chi connectivity index (χ3v) is 7.49. The van der Waals surface area contributed by atoms with Gasteiger partial charge in [0.2, 0.25) is 5.75 Å². The number of amides is 2. The molecular weight excluding hydrogens is 474 g/mol. The fourth-order valence-corrected chi connectivity index (χ4v) is 5.79. The van der Waals surface area contributed by atoms with Crippen LogP contribution in [-0.4, -0.2) is 38.3 Å². The number of ether oxygens (including phenoxy) is 3. The van der Waals surface area contributed by atoms with E-state index in [0.717, 1.165) is 29.7 Å². The van der Waals surface area contributed by atoms with Crippen molar-refractivity contribution in [3.8, 4) is 17.2 Å². The topological polar surface area (TPSA) is 112 Å². The van der Waals surface area contributed by atoms with Crippen LogP contribution in [0, 0.1) is 11.3 Å². The van der Waals surface area contributed by atoms with Gasteiger partial charge in [0.05, 0.1) is 26.9 Å². The van der Waals surface area contributed by atoms with Crippen LogP contribution in [0.5, 0.6) is 17.2 Å². The minimum atomic E-state index is -0.507. The van der Waals surface area contributed by atoms with Crippen molar-refractivity contribution in [1.82, 2.24) is 5.32 Å². The number of methoxy groups -OCH3 is 3. The second kappa shape index (κ2) is 10.2. The number of hydrogen-bond acceptors (Lipinski definition) is 7. The zero-order valence-corrected chi connectivity index (χ0v) is 21.9. The molecule has 1 atom stereocenters. The van der Waals surface area contributed by atoms with Crippen LogP contribution >= 0.6 is 23.6 Å². The first-order valence-corrected chi connectivity index (χ1v) is 12.1. The average molecular weight is 506 g/mol. The highest BCUT2D eigenvalue weighted by Crippen LogP contribution is 2.44. The maximum atomic E-state index is 12.9. The van der Waals surface area contributed by atoms with E-state index < -0.39 is 11.8 Å². The number of thiocarbonyl (C=S) groups is 1. The highest BCUT2D eigenvalue weighted by atomic mass is 32.1. The van der Waals surface area contributed by atoms with E-state index in [1.807, 2.05) is 0 Å². The summed E-state index contributed by atoms with van der Waals surface area (Å²) in [5, 5.41) is 6.28. The third kappa shape index (κ3) is 5.28. The van der Waals surface area contributed by atoms with Crippen molar-refractivity contribution in [3.63, 3.8) is 0 Å². The zero-order valence-electron chi connectivity index (χ0n) is 20.3. The summed E-state index contributed by atoms with van der Waals surface area (Å²) in [4.78, 5) is 26.3. The lowest BCUT2D eigenvalue weighted by Crippen LogP contribution is -2.34. The van der Waals surface area contributed by atoms with E-state index in [4.69, 9.17) is 32.2 Å². The molecule has 34 heavy (non-hydrogen) atoms. The van der Waals surface area contributed by atoms with Gasteiger partial charge in [0, 0.05) is 10.4 Å². The molecule has 0 spiro atoms. The number of anilines is 1. The lowest BCUT2D eigenvalue weighted by molar-refractivity contribution is 0.0974. The largest absolute Gasteiger partial charge is 0.493 e. The highest BCUT2D eigenvalue weighted by molar-refractivity contribution is 7.80. The van der Waals surface area contributed by atoms with Crippen molar-refractivity contribution >= 4 is 45.5 Å². The van der Waals surface area contributed by atoms with Gasteiger partial charge in [-0.1, -0.05) is 20.8 Å². The van der Waals surface area contributed by atoms with Crippen molar-refractivity contribution in [3.05, 3.63) is 33.7 Å². The van der Waals surface area contributed by atoms with Crippen LogP contribution in [0.1, 0.15) is 58.3 Å². The number of carbonyl (C=O) groups excluding carboxylic acids is 2. The van der Waals surface area contributed by atoms with Gasteiger partial charge in [0.15, 0.2) is 16.6 Å². The van der Waals surface area contributed by atoms with Crippen molar-refractivity contribution in [2.45, 2.75) is 40.0 Å². The summed E-state index contributed by atoms with van der Waals surface area (Å²) < 4.78 is 15.9. The lowest BCUT2D eigenvalue weighted by atomic mass is 9.72. The molecule has 0 radical (unpaired) electrons. The van der Waals surface area contributed by atoms with E-state index in [1.54, 1.807) is 0 Å². The number of primary amides is 1. The molecule has 1 aliphatic carbocycles. The summed E-state index contributed by atoms with van der Waals surface area (Å²) in [6.07, 6.45) is 2.67. The van der Waals surface area contributed by atoms with Crippen LogP contribution in [0.2, 0.25) is 0 Å². The first kappa shape index (κ1) is 25.8. The van der Waals surface area contributed by atoms with Gasteiger partial charge in [-0.3, -0.25) is 14.9 Å². The van der Waals surface area contributed by atoms with Crippen LogP contribution in [0.15, 0.2) is 12.1 Å². The first-order chi connectivity index (χ1) is 16.0. The fraction of sp³-hybridized carbons (Fsp3) is 0.458. The third-order valence-electron chi connectivity index (χ3n) is 6.12. The molecule has 0 fully saturated rings. The summed E-state index contributed by atoms with van der Waals surface area (Å²) in [6, 6.07) is 3.06. The number of benzene rings is 1. The van der Waals surface area contributed by atoms with Gasteiger partial charge in [-0.05, 0) is 60.5 Å². The molecule has 0 saturated heterocycles. The molecule has 0 saturated carbocycles. The molecule has 2 aromatic rings. The Morgan fingerprint density at radius 3 is 2.24 bits per heavy atom. The Balaban J connectivity index is 1.81. The van der Waals surface area contributed by atoms with Crippen LogP contribution in [0.25, 0.3) is 0 Å². The summed E-state index contributed by atoms with van der Waals surface area (Å²) in [5.74, 6) is 0.618. The van der Waals surface area contributed by atoms with Gasteiger partial charge < -0.3 is 25.3 Å². The molecule has 1 aromatic carbocycles. The minimum absolute atomic E-state index is 0.0622. The maximum Gasteiger partial charge on any atom is 0.257 e. The Morgan fingerprint density at radius 1 is 1.12 bits per heavy atom. The summed E-state index contributed by atoms with van der Waals surface area (Å²) in [7, 11) is 4.43. The van der Waals surface area contributed by atoms with Crippen LogP contribution in [0.4, 0.5) is 5.00 Å². The predicted molar refractivity (Wildman–Crippen MR) is 138 cm³/mol. The molecule has 0 bridgehead atoms. The van der Waals surface area contributed by atoms with Crippen LogP contribution in [-0.2, 0) is 12.8 Å². The van der Waals surface area contributed by atoms with Gasteiger partial charge in [0.25, 0.3) is 11.8 Å². The monoisotopic (exact) mass is 505 g/mol. The van der Waals surface area contributed by atoms with Gasteiger partial charge in [-0.2, -0.15) is 0 Å². The SMILES string of the molecule is COc1cc(C(=O)NC(=S)Nc2sc3c(c2C(N)=O)CC[C@@H](C(C)(C)C)C3)cc(OC)c1OC. The van der Waals surface area contributed by atoms with Gasteiger partial charge in [0.1, 0.15) is 5.00 Å². The number of nitrogens with one attached hydrogen (secondary N) is 2. The van der Waals surface area contributed by atoms with E-state index in [1.165, 1.54) is 44.8 Å². The zero-order chi connectivity index (χ0) is 25.2. The molecule has 2 amide bonds. The van der Waals surface area contributed by atoms with E-state index in [9.17, 15) is 9.59 Å². The molecule has 10 heteroatoms. The van der Waals surface area contributed by atoms with E-state index >= 15 is 0 Å². The molecule has 0 aliphatic heterocycles. The second-order valence-corrected chi connectivity index (χ2v) is 10.7. The Kier molecular flexibility index (Phi) is 7.72. The minimum Gasteiger partial charge on any atom is -0.493 e. The van der Waals surface area contributed by atoms with E-state index in [2.05, 4.69) is 31.4 Å². The highest BCUT2D eigenvalue weighted by Gasteiger charge is 2.33. The molecule has 0 unspecified atom stereocenters. The quantitative estimate of drug-likeness (QED) is 0.506. The first-order valence-electron chi connectivity index (χ1n) is 10.9. The second-order valence-electron chi connectivity index (χ2n) is 9.20. The van der Waals surface area contributed by atoms with Crippen molar-refractivity contribution in [1.29, 1.82) is 0 Å². The predicted octanol–water partition coefficient (Wildman–Crippen LogP) is 4.15. The maximum absolute atomic E-state index is 12.9. The van der Waals surface area contributed by atoms with E-state index in [0.29, 0.717) is 33.7 Å². The lowest BCUT2D eigenvalue weighted by Gasteiger charge is -2.33. The fourth-order valence-electron chi connectivity index (χ4n) is 4.20. The molecule has 8 nitrogen and oxygen atoms in total.